The molecular weight excluding hydrogens is 264 g/mol. The Morgan fingerprint density at radius 2 is 1.86 bits per heavy atom. The molecule has 1 saturated heterocycles. The molecule has 1 saturated carbocycles. The first-order valence-electron chi connectivity index (χ1n) is 8.78. The Morgan fingerprint density at radius 1 is 1.19 bits per heavy atom. The minimum absolute atomic E-state index is 0.307. The number of ether oxygens (including phenoxy) is 1. The number of piperazine rings is 1. The van der Waals surface area contributed by atoms with E-state index in [1.807, 2.05) is 0 Å². The lowest BCUT2D eigenvalue weighted by Gasteiger charge is -2.39. The van der Waals surface area contributed by atoms with Gasteiger partial charge in [0.05, 0.1) is 19.8 Å². The molecule has 0 radical (unpaired) electrons. The van der Waals surface area contributed by atoms with Crippen LogP contribution in [0.15, 0.2) is 0 Å². The Hall–Kier alpha value is -0.160. The molecule has 1 aliphatic carbocycles. The van der Waals surface area contributed by atoms with Crippen LogP contribution in [0.4, 0.5) is 0 Å². The summed E-state index contributed by atoms with van der Waals surface area (Å²) in [5, 5.41) is 10.2. The molecule has 3 N–H and O–H groups in total. The molecule has 1 aliphatic heterocycles. The van der Waals surface area contributed by atoms with Gasteiger partial charge in [0.15, 0.2) is 0 Å². The van der Waals surface area contributed by atoms with Crippen LogP contribution in [0.1, 0.15) is 40.0 Å². The minimum atomic E-state index is -0.307. The van der Waals surface area contributed by atoms with Crippen molar-refractivity contribution in [2.75, 3.05) is 46.4 Å². The average molecular weight is 300 g/mol. The molecule has 4 heteroatoms. The van der Waals surface area contributed by atoms with Gasteiger partial charge in [0.25, 0.3) is 0 Å². The van der Waals surface area contributed by atoms with E-state index in [1.165, 1.54) is 37.5 Å². The largest absolute Gasteiger partial charge is 0.385 e. The van der Waals surface area contributed by atoms with E-state index in [4.69, 9.17) is 4.74 Å². The molecular formula is C17H36N2O2+2. The summed E-state index contributed by atoms with van der Waals surface area (Å²) in [5.41, 5.74) is 0.388. The summed E-state index contributed by atoms with van der Waals surface area (Å²) in [5.74, 6) is 0.738. The average Bonchev–Trinajstić information content (AvgIpc) is 2.37. The van der Waals surface area contributed by atoms with Gasteiger partial charge in [0.1, 0.15) is 38.8 Å². The Morgan fingerprint density at radius 3 is 2.48 bits per heavy atom. The Bertz CT molecular complexity index is 314. The molecule has 0 aromatic heterocycles. The number of hydrogen-bond donors (Lipinski definition) is 3. The van der Waals surface area contributed by atoms with E-state index in [0.29, 0.717) is 18.1 Å². The molecule has 21 heavy (non-hydrogen) atoms. The van der Waals surface area contributed by atoms with Crippen molar-refractivity contribution < 1.29 is 19.6 Å². The van der Waals surface area contributed by atoms with Gasteiger partial charge in [-0.05, 0) is 30.6 Å². The van der Waals surface area contributed by atoms with Gasteiger partial charge in [0, 0.05) is 0 Å². The second-order valence-corrected chi connectivity index (χ2v) is 8.43. The molecule has 0 spiro atoms. The number of hydrogen-bond acceptors (Lipinski definition) is 2. The van der Waals surface area contributed by atoms with E-state index in [-0.39, 0.29) is 6.10 Å². The van der Waals surface area contributed by atoms with Gasteiger partial charge in [-0.3, -0.25) is 0 Å². The molecule has 2 fully saturated rings. The topological polar surface area (TPSA) is 38.3 Å². The van der Waals surface area contributed by atoms with E-state index in [0.717, 1.165) is 25.3 Å². The summed E-state index contributed by atoms with van der Waals surface area (Å²) >= 11 is 0. The molecule has 0 bridgehead atoms. The maximum absolute atomic E-state index is 10.2. The van der Waals surface area contributed by atoms with Crippen molar-refractivity contribution in [2.45, 2.75) is 52.2 Å². The zero-order valence-corrected chi connectivity index (χ0v) is 14.5. The highest BCUT2D eigenvalue weighted by Gasteiger charge is 2.33. The number of quaternary nitrogens is 2. The van der Waals surface area contributed by atoms with Crippen molar-refractivity contribution in [3.8, 4) is 0 Å². The van der Waals surface area contributed by atoms with Gasteiger partial charge < -0.3 is 19.6 Å². The first kappa shape index (κ1) is 17.2. The number of aliphatic hydroxyl groups excluding tert-OH is 1. The molecule has 2 aliphatic rings. The molecule has 4 nitrogen and oxygen atoms in total. The number of aliphatic hydroxyl groups is 1. The lowest BCUT2D eigenvalue weighted by Crippen LogP contribution is -3.27. The van der Waals surface area contributed by atoms with Crippen LogP contribution >= 0.6 is 0 Å². The Labute approximate surface area is 130 Å². The first-order chi connectivity index (χ1) is 9.84. The zero-order valence-electron chi connectivity index (χ0n) is 14.5. The van der Waals surface area contributed by atoms with Crippen LogP contribution in [0.5, 0.6) is 0 Å². The second-order valence-electron chi connectivity index (χ2n) is 8.43. The predicted octanol–water partition coefficient (Wildman–Crippen LogP) is -1.01. The molecule has 0 unspecified atom stereocenters. The molecule has 0 aromatic rings. The Kier molecular flexibility index (Phi) is 6.06. The van der Waals surface area contributed by atoms with Crippen molar-refractivity contribution >= 4 is 0 Å². The summed E-state index contributed by atoms with van der Waals surface area (Å²) in [6.45, 7) is 13.2. The van der Waals surface area contributed by atoms with Gasteiger partial charge >= 0.3 is 0 Å². The van der Waals surface area contributed by atoms with Crippen LogP contribution in [0.2, 0.25) is 0 Å². The molecule has 3 atom stereocenters. The minimum Gasteiger partial charge on any atom is -0.385 e. The third-order valence-electron chi connectivity index (χ3n) is 5.21. The SMILES string of the molecule is C[C@H]1C[C@@H](OC[C@H](O)C[NH+]2CC[NH+](C)CC2)CC(C)(C)C1. The summed E-state index contributed by atoms with van der Waals surface area (Å²) in [6, 6.07) is 0. The van der Waals surface area contributed by atoms with Gasteiger partial charge in [-0.15, -0.1) is 0 Å². The third-order valence-corrected chi connectivity index (χ3v) is 5.21. The standard InChI is InChI=1S/C17H34N2O2/c1-14-9-16(11-17(2,3)10-14)21-13-15(20)12-19-7-5-18(4)6-8-19/h14-16,20H,5-13H2,1-4H3/p+2/t14-,15+,16+/m0/s1. The molecule has 0 amide bonds. The smallest absolute Gasteiger partial charge is 0.127 e. The Balaban J connectivity index is 1.67. The van der Waals surface area contributed by atoms with Crippen LogP contribution in [0.3, 0.4) is 0 Å². The van der Waals surface area contributed by atoms with Gasteiger partial charge in [0.2, 0.25) is 0 Å². The quantitative estimate of drug-likeness (QED) is 0.609. The lowest BCUT2D eigenvalue weighted by molar-refractivity contribution is -1.00. The van der Waals surface area contributed by atoms with Crippen molar-refractivity contribution in [3.05, 3.63) is 0 Å². The highest BCUT2D eigenvalue weighted by atomic mass is 16.5. The second kappa shape index (κ2) is 7.40. The van der Waals surface area contributed by atoms with E-state index in [9.17, 15) is 5.11 Å². The summed E-state index contributed by atoms with van der Waals surface area (Å²) < 4.78 is 6.04. The first-order valence-corrected chi connectivity index (χ1v) is 8.78. The number of rotatable bonds is 5. The molecule has 2 rings (SSSR count). The number of nitrogens with one attached hydrogen (secondary N) is 2. The van der Waals surface area contributed by atoms with Crippen molar-refractivity contribution in [1.29, 1.82) is 0 Å². The predicted molar refractivity (Wildman–Crippen MR) is 84.7 cm³/mol. The number of likely N-dealkylation sites (N-methyl/N-ethyl adjacent to an activating group) is 1. The maximum atomic E-state index is 10.2. The lowest BCUT2D eigenvalue weighted by atomic mass is 9.71. The molecule has 1 heterocycles. The highest BCUT2D eigenvalue weighted by molar-refractivity contribution is 4.83. The summed E-state index contributed by atoms with van der Waals surface area (Å²) in [4.78, 5) is 3.15. The highest BCUT2D eigenvalue weighted by Crippen LogP contribution is 2.39. The van der Waals surface area contributed by atoms with Gasteiger partial charge in [-0.25, -0.2) is 0 Å². The van der Waals surface area contributed by atoms with Crippen molar-refractivity contribution in [1.82, 2.24) is 0 Å². The molecule has 124 valence electrons. The van der Waals surface area contributed by atoms with E-state index in [1.54, 1.807) is 4.90 Å². The van der Waals surface area contributed by atoms with Crippen LogP contribution in [-0.4, -0.2) is 63.7 Å². The van der Waals surface area contributed by atoms with Gasteiger partial charge in [-0.1, -0.05) is 20.8 Å². The van der Waals surface area contributed by atoms with Gasteiger partial charge in [-0.2, -0.15) is 0 Å². The van der Waals surface area contributed by atoms with Crippen LogP contribution in [0, 0.1) is 11.3 Å². The van der Waals surface area contributed by atoms with Crippen LogP contribution in [-0.2, 0) is 4.74 Å². The normalized spacial score (nSPS) is 38.1. The maximum Gasteiger partial charge on any atom is 0.127 e. The van der Waals surface area contributed by atoms with E-state index >= 15 is 0 Å². The van der Waals surface area contributed by atoms with Crippen molar-refractivity contribution in [3.63, 3.8) is 0 Å². The monoisotopic (exact) mass is 300 g/mol. The van der Waals surface area contributed by atoms with E-state index < -0.39 is 0 Å². The summed E-state index contributed by atoms with van der Waals surface area (Å²) in [6.07, 6.45) is 3.61. The van der Waals surface area contributed by atoms with E-state index in [2.05, 4.69) is 27.8 Å². The van der Waals surface area contributed by atoms with Crippen LogP contribution < -0.4 is 9.80 Å². The fourth-order valence-corrected chi connectivity index (χ4v) is 4.26. The summed E-state index contributed by atoms with van der Waals surface area (Å²) in [7, 11) is 2.25. The van der Waals surface area contributed by atoms with Crippen molar-refractivity contribution in [2.24, 2.45) is 11.3 Å². The van der Waals surface area contributed by atoms with Crippen LogP contribution in [0.25, 0.3) is 0 Å². The third kappa shape index (κ3) is 5.85. The fourth-order valence-electron chi connectivity index (χ4n) is 4.26. The zero-order chi connectivity index (χ0) is 15.5. The molecule has 0 aromatic carbocycles. The fraction of sp³-hybridized carbons (Fsp3) is 1.00.